The summed E-state index contributed by atoms with van der Waals surface area (Å²) < 4.78 is 11.7. The summed E-state index contributed by atoms with van der Waals surface area (Å²) in [5.74, 6) is 1.06. The lowest BCUT2D eigenvalue weighted by molar-refractivity contribution is 0.0789. The molecule has 6 rings (SSSR count). The zero-order chi connectivity index (χ0) is 26.1. The Kier molecular flexibility index (Phi) is 6.52. The quantitative estimate of drug-likeness (QED) is 0.355. The maximum Gasteiger partial charge on any atom is 0.259 e. The average molecular weight is 523 g/mol. The number of aryl methyl sites for hydroxylation is 1. The highest BCUT2D eigenvalue weighted by Crippen LogP contribution is 2.42. The van der Waals surface area contributed by atoms with E-state index in [-0.39, 0.29) is 17.9 Å². The largest absolute Gasteiger partial charge is 0.486 e. The van der Waals surface area contributed by atoms with Crippen LogP contribution in [-0.4, -0.2) is 31.1 Å². The van der Waals surface area contributed by atoms with Gasteiger partial charge in [-0.15, -0.1) is 0 Å². The number of hydrogen-bond acceptors (Lipinski definition) is 5. The number of nitrogens with one attached hydrogen (secondary N) is 1. The first-order chi connectivity index (χ1) is 18.5. The lowest BCUT2D eigenvalue weighted by atomic mass is 10.1. The molecule has 2 heterocycles. The average Bonchev–Trinajstić information content (AvgIpc) is 3.06. The number of hydrogen-bond donors (Lipinski definition) is 1. The number of nitrogens with zero attached hydrogens (tertiary/aromatic N) is 1. The first-order valence-corrected chi connectivity index (χ1v) is 13.3. The van der Waals surface area contributed by atoms with E-state index in [0.29, 0.717) is 42.3 Å². The highest BCUT2D eigenvalue weighted by atomic mass is 32.2. The van der Waals surface area contributed by atoms with Crippen LogP contribution in [0.1, 0.15) is 31.8 Å². The molecule has 2 amide bonds. The fraction of sp³-hybridized carbons (Fsp3) is 0.161. The molecule has 0 aliphatic carbocycles. The Balaban J connectivity index is 1.26. The van der Waals surface area contributed by atoms with Crippen LogP contribution >= 0.6 is 11.8 Å². The Morgan fingerprint density at radius 2 is 1.71 bits per heavy atom. The molecule has 2 aliphatic rings. The van der Waals surface area contributed by atoms with Gasteiger partial charge in [0.05, 0.1) is 24.3 Å². The number of carbonyl (C=O) groups excluding carboxylic acids is 2. The van der Waals surface area contributed by atoms with Crippen LogP contribution in [0.2, 0.25) is 0 Å². The second kappa shape index (κ2) is 10.3. The summed E-state index contributed by atoms with van der Waals surface area (Å²) >= 11 is 1.54. The van der Waals surface area contributed by atoms with Crippen LogP contribution in [0.5, 0.6) is 11.5 Å². The van der Waals surface area contributed by atoms with Crippen LogP contribution in [0.15, 0.2) is 101 Å². The molecule has 0 bridgehead atoms. The summed E-state index contributed by atoms with van der Waals surface area (Å²) in [5.41, 5.74) is 4.03. The molecule has 4 aromatic rings. The molecule has 0 aromatic heterocycles. The fourth-order valence-corrected chi connectivity index (χ4v) is 5.63. The van der Waals surface area contributed by atoms with Crippen LogP contribution < -0.4 is 19.7 Å². The van der Waals surface area contributed by atoms with Gasteiger partial charge in [0.15, 0.2) is 11.5 Å². The Bertz CT molecular complexity index is 1520. The Hall–Kier alpha value is -4.23. The minimum absolute atomic E-state index is 0.0867. The van der Waals surface area contributed by atoms with E-state index in [9.17, 15) is 9.59 Å². The van der Waals surface area contributed by atoms with E-state index >= 15 is 0 Å². The lowest BCUT2D eigenvalue weighted by Crippen LogP contribution is -2.40. The molecule has 0 saturated heterocycles. The highest BCUT2D eigenvalue weighted by molar-refractivity contribution is 7.99. The maximum atomic E-state index is 13.8. The zero-order valence-electron chi connectivity index (χ0n) is 20.8. The van der Waals surface area contributed by atoms with Crippen molar-refractivity contribution in [2.75, 3.05) is 18.1 Å². The molecule has 1 atom stereocenters. The minimum Gasteiger partial charge on any atom is -0.486 e. The number of carbonyl (C=O) groups is 2. The van der Waals surface area contributed by atoms with Crippen LogP contribution in [0, 0.1) is 6.92 Å². The van der Waals surface area contributed by atoms with Gasteiger partial charge < -0.3 is 19.7 Å². The monoisotopic (exact) mass is 522 g/mol. The third-order valence-electron chi connectivity index (χ3n) is 6.61. The predicted octanol–water partition coefficient (Wildman–Crippen LogP) is 5.88. The van der Waals surface area contributed by atoms with E-state index in [4.69, 9.17) is 9.47 Å². The first-order valence-electron chi connectivity index (χ1n) is 12.5. The number of benzene rings is 4. The number of fused-ring (bicyclic) bond motifs is 3. The summed E-state index contributed by atoms with van der Waals surface area (Å²) in [5, 5.41) is 2.97. The van der Waals surface area contributed by atoms with Crippen molar-refractivity contribution in [3.63, 3.8) is 0 Å². The SMILES string of the molecule is Cc1ccc(CN2C(=O)c3ccccc3Sc3ccc(C(=O)NCC4COc5ccccc5O4)cc32)cc1. The number of rotatable bonds is 5. The number of anilines is 1. The summed E-state index contributed by atoms with van der Waals surface area (Å²) in [6, 6.07) is 28.8. The number of para-hydroxylation sites is 2. The molecular formula is C31H26N2O4S. The second-order valence-corrected chi connectivity index (χ2v) is 10.4. The third-order valence-corrected chi connectivity index (χ3v) is 7.75. The molecular weight excluding hydrogens is 496 g/mol. The number of ether oxygens (including phenoxy) is 2. The topological polar surface area (TPSA) is 67.9 Å². The van der Waals surface area contributed by atoms with Crippen molar-refractivity contribution >= 4 is 29.3 Å². The van der Waals surface area contributed by atoms with Crippen molar-refractivity contribution in [2.24, 2.45) is 0 Å². The summed E-state index contributed by atoms with van der Waals surface area (Å²) in [4.78, 5) is 30.5. The molecule has 0 fully saturated rings. The van der Waals surface area contributed by atoms with Crippen molar-refractivity contribution < 1.29 is 19.1 Å². The molecule has 190 valence electrons. The Labute approximate surface area is 225 Å². The van der Waals surface area contributed by atoms with Gasteiger partial charge in [0.2, 0.25) is 0 Å². The molecule has 2 aliphatic heterocycles. The van der Waals surface area contributed by atoms with Gasteiger partial charge in [-0.2, -0.15) is 0 Å². The van der Waals surface area contributed by atoms with E-state index in [1.165, 1.54) is 0 Å². The van der Waals surface area contributed by atoms with Gasteiger partial charge in [0.1, 0.15) is 12.7 Å². The first kappa shape index (κ1) is 24.1. The summed E-state index contributed by atoms with van der Waals surface area (Å²) in [6.07, 6.45) is -0.292. The standard InChI is InChI=1S/C31H26N2O4S/c1-20-10-12-21(13-11-20)18-33-25-16-22(14-15-29(25)38-28-9-5-2-6-24(28)31(33)35)30(34)32-17-23-19-36-26-7-3-4-8-27(26)37-23/h2-16,23H,17-19H2,1H3,(H,32,34). The summed E-state index contributed by atoms with van der Waals surface area (Å²) in [7, 11) is 0. The molecule has 1 unspecified atom stereocenters. The molecule has 7 heteroatoms. The van der Waals surface area contributed by atoms with E-state index in [1.54, 1.807) is 22.7 Å². The van der Waals surface area contributed by atoms with Crippen molar-refractivity contribution in [2.45, 2.75) is 29.4 Å². The highest BCUT2D eigenvalue weighted by Gasteiger charge is 2.28. The fourth-order valence-electron chi connectivity index (χ4n) is 4.57. The van der Waals surface area contributed by atoms with Gasteiger partial charge in [-0.3, -0.25) is 9.59 Å². The van der Waals surface area contributed by atoms with Crippen molar-refractivity contribution in [1.29, 1.82) is 0 Å². The van der Waals surface area contributed by atoms with Gasteiger partial charge >= 0.3 is 0 Å². The molecule has 0 saturated carbocycles. The maximum absolute atomic E-state index is 13.8. The van der Waals surface area contributed by atoms with Gasteiger partial charge in [-0.1, -0.05) is 65.9 Å². The molecule has 0 radical (unpaired) electrons. The van der Waals surface area contributed by atoms with Crippen molar-refractivity contribution in [3.8, 4) is 11.5 Å². The Morgan fingerprint density at radius 1 is 0.947 bits per heavy atom. The van der Waals surface area contributed by atoms with E-state index in [0.717, 1.165) is 26.6 Å². The minimum atomic E-state index is -0.292. The van der Waals surface area contributed by atoms with Crippen LogP contribution in [-0.2, 0) is 6.54 Å². The zero-order valence-corrected chi connectivity index (χ0v) is 21.7. The van der Waals surface area contributed by atoms with Crippen LogP contribution in [0.3, 0.4) is 0 Å². The van der Waals surface area contributed by atoms with Gasteiger partial charge in [0.25, 0.3) is 11.8 Å². The number of amides is 2. The van der Waals surface area contributed by atoms with E-state index < -0.39 is 0 Å². The van der Waals surface area contributed by atoms with Crippen molar-refractivity contribution in [1.82, 2.24) is 5.32 Å². The predicted molar refractivity (Wildman–Crippen MR) is 147 cm³/mol. The molecule has 38 heavy (non-hydrogen) atoms. The molecule has 4 aromatic carbocycles. The van der Waals surface area contributed by atoms with Gasteiger partial charge in [-0.25, -0.2) is 0 Å². The Morgan fingerprint density at radius 3 is 2.55 bits per heavy atom. The molecule has 6 nitrogen and oxygen atoms in total. The second-order valence-electron chi connectivity index (χ2n) is 9.37. The summed E-state index contributed by atoms with van der Waals surface area (Å²) in [6.45, 7) is 3.10. The smallest absolute Gasteiger partial charge is 0.259 e. The van der Waals surface area contributed by atoms with Gasteiger partial charge in [0, 0.05) is 15.4 Å². The normalized spacial score (nSPS) is 15.8. The van der Waals surface area contributed by atoms with Gasteiger partial charge in [-0.05, 0) is 55.0 Å². The third kappa shape index (κ3) is 4.85. The lowest BCUT2D eigenvalue weighted by Gasteiger charge is -2.26. The molecule has 0 spiro atoms. The van der Waals surface area contributed by atoms with E-state index in [2.05, 4.69) is 5.32 Å². The van der Waals surface area contributed by atoms with Crippen molar-refractivity contribution in [3.05, 3.63) is 113 Å². The van der Waals surface area contributed by atoms with Crippen LogP contribution in [0.25, 0.3) is 0 Å². The van der Waals surface area contributed by atoms with Crippen LogP contribution in [0.4, 0.5) is 5.69 Å². The van der Waals surface area contributed by atoms with E-state index in [1.807, 2.05) is 91.9 Å². The molecule has 1 N–H and O–H groups in total.